The highest BCUT2D eigenvalue weighted by Crippen LogP contribution is 2.14. The molecule has 0 aliphatic heterocycles. The minimum absolute atomic E-state index is 0.430. The quantitative estimate of drug-likeness (QED) is 0.480. The molecule has 0 aromatic carbocycles. The molecule has 2 atom stereocenters. The first-order valence-corrected chi connectivity index (χ1v) is 8.13. The van der Waals surface area contributed by atoms with Gasteiger partial charge in [-0.25, -0.2) is 0 Å². The van der Waals surface area contributed by atoms with Gasteiger partial charge in [0.1, 0.15) is 0 Å². The molecule has 0 saturated carbocycles. The van der Waals surface area contributed by atoms with Crippen LogP contribution in [0.15, 0.2) is 0 Å². The van der Waals surface area contributed by atoms with E-state index in [1.165, 1.54) is 37.2 Å². The van der Waals surface area contributed by atoms with Crippen LogP contribution in [-0.2, 0) is 4.74 Å². The number of rotatable bonds is 11. The van der Waals surface area contributed by atoms with Crippen molar-refractivity contribution in [1.82, 2.24) is 0 Å². The van der Waals surface area contributed by atoms with Crippen LogP contribution < -0.4 is 0 Å². The third kappa shape index (κ3) is 9.53. The second-order valence-electron chi connectivity index (χ2n) is 4.49. The van der Waals surface area contributed by atoms with Crippen LogP contribution in [0.25, 0.3) is 0 Å². The van der Waals surface area contributed by atoms with E-state index in [0.29, 0.717) is 12.2 Å². The van der Waals surface area contributed by atoms with Gasteiger partial charge in [-0.15, -0.1) is 0 Å². The van der Waals surface area contributed by atoms with Crippen LogP contribution in [-0.4, -0.2) is 23.7 Å². The van der Waals surface area contributed by atoms with Crippen molar-refractivity contribution in [3.05, 3.63) is 0 Å². The summed E-state index contributed by atoms with van der Waals surface area (Å²) in [5, 5.41) is 0. The first-order valence-electron chi connectivity index (χ1n) is 6.97. The minimum atomic E-state index is 0.430. The second-order valence-corrected chi connectivity index (χ2v) is 5.72. The van der Waals surface area contributed by atoms with Crippen molar-refractivity contribution in [2.24, 2.45) is 0 Å². The van der Waals surface area contributed by atoms with Crippen LogP contribution in [0.4, 0.5) is 0 Å². The van der Waals surface area contributed by atoms with E-state index in [4.69, 9.17) is 4.74 Å². The van der Waals surface area contributed by atoms with Crippen LogP contribution in [0.1, 0.15) is 66.2 Å². The predicted molar refractivity (Wildman–Crippen MR) is 76.4 cm³/mol. The van der Waals surface area contributed by atoms with Gasteiger partial charge in [0.25, 0.3) is 0 Å². The van der Waals surface area contributed by atoms with Gasteiger partial charge in [-0.05, 0) is 50.5 Å². The average Bonchev–Trinajstić information content (AvgIpc) is 2.31. The summed E-state index contributed by atoms with van der Waals surface area (Å²) in [5.41, 5.74) is 0. The van der Waals surface area contributed by atoms with Crippen molar-refractivity contribution in [2.45, 2.75) is 78.4 Å². The van der Waals surface area contributed by atoms with Crippen LogP contribution in [0.3, 0.4) is 0 Å². The van der Waals surface area contributed by atoms with Crippen LogP contribution in [0.2, 0.25) is 0 Å². The summed E-state index contributed by atoms with van der Waals surface area (Å²) in [5.74, 6) is 2.65. The summed E-state index contributed by atoms with van der Waals surface area (Å²) in [7, 11) is 0. The number of thioether (sulfide) groups is 1. The standard InChI is InChI=1S/C14H30OS/c1-5-11-16-12-9-8-10-14(7-3)15-13(4)6-2/h13-14H,5-12H2,1-4H3. The maximum absolute atomic E-state index is 5.97. The van der Waals surface area contributed by atoms with E-state index < -0.39 is 0 Å². The molecule has 0 N–H and O–H groups in total. The predicted octanol–water partition coefficient (Wildman–Crippen LogP) is 4.89. The van der Waals surface area contributed by atoms with Crippen molar-refractivity contribution in [1.29, 1.82) is 0 Å². The zero-order chi connectivity index (χ0) is 12.2. The number of ether oxygens (including phenoxy) is 1. The Morgan fingerprint density at radius 2 is 1.75 bits per heavy atom. The van der Waals surface area contributed by atoms with Crippen molar-refractivity contribution in [3.8, 4) is 0 Å². The Bertz CT molecular complexity index is 139. The molecule has 0 rings (SSSR count). The highest BCUT2D eigenvalue weighted by molar-refractivity contribution is 7.99. The van der Waals surface area contributed by atoms with Gasteiger partial charge in [-0.2, -0.15) is 11.8 Å². The van der Waals surface area contributed by atoms with Gasteiger partial charge in [-0.3, -0.25) is 0 Å². The zero-order valence-corrected chi connectivity index (χ0v) is 12.4. The maximum Gasteiger partial charge on any atom is 0.0576 e. The first-order chi connectivity index (χ1) is 7.74. The van der Waals surface area contributed by atoms with Gasteiger partial charge >= 0.3 is 0 Å². The molecule has 0 heterocycles. The Morgan fingerprint density at radius 3 is 2.31 bits per heavy atom. The molecule has 0 aromatic rings. The van der Waals surface area contributed by atoms with Crippen LogP contribution >= 0.6 is 11.8 Å². The molecule has 16 heavy (non-hydrogen) atoms. The average molecular weight is 246 g/mol. The van der Waals surface area contributed by atoms with Gasteiger partial charge < -0.3 is 4.74 Å². The lowest BCUT2D eigenvalue weighted by Crippen LogP contribution is -2.18. The van der Waals surface area contributed by atoms with Gasteiger partial charge in [0.15, 0.2) is 0 Å². The molecule has 0 aliphatic carbocycles. The summed E-state index contributed by atoms with van der Waals surface area (Å²) in [6, 6.07) is 0. The lowest BCUT2D eigenvalue weighted by molar-refractivity contribution is -0.0107. The van der Waals surface area contributed by atoms with Crippen molar-refractivity contribution in [3.63, 3.8) is 0 Å². The minimum Gasteiger partial charge on any atom is -0.375 e. The normalized spacial score (nSPS) is 15.0. The summed E-state index contributed by atoms with van der Waals surface area (Å²) in [4.78, 5) is 0. The summed E-state index contributed by atoms with van der Waals surface area (Å²) < 4.78 is 5.97. The Balaban J connectivity index is 3.40. The highest BCUT2D eigenvalue weighted by Gasteiger charge is 2.09. The van der Waals surface area contributed by atoms with Crippen molar-refractivity contribution >= 4 is 11.8 Å². The molecule has 0 amide bonds. The van der Waals surface area contributed by atoms with E-state index in [2.05, 4.69) is 39.5 Å². The van der Waals surface area contributed by atoms with Crippen molar-refractivity contribution in [2.75, 3.05) is 11.5 Å². The SMILES string of the molecule is CCCSCCCCC(CC)OC(C)CC. The molecule has 2 unspecified atom stereocenters. The molecule has 2 heteroatoms. The van der Waals surface area contributed by atoms with E-state index >= 15 is 0 Å². The first kappa shape index (κ1) is 16.3. The van der Waals surface area contributed by atoms with Gasteiger partial charge in [-0.1, -0.05) is 27.2 Å². The summed E-state index contributed by atoms with van der Waals surface area (Å²) >= 11 is 2.09. The number of unbranched alkanes of at least 4 members (excludes halogenated alkanes) is 1. The number of hydrogen-bond donors (Lipinski definition) is 0. The molecule has 0 bridgehead atoms. The summed E-state index contributed by atoms with van der Waals surface area (Å²) in [6.45, 7) is 8.86. The lowest BCUT2D eigenvalue weighted by Gasteiger charge is -2.20. The van der Waals surface area contributed by atoms with Crippen molar-refractivity contribution < 1.29 is 4.74 Å². The van der Waals surface area contributed by atoms with E-state index in [0.717, 1.165) is 12.8 Å². The van der Waals surface area contributed by atoms with Crippen LogP contribution in [0, 0.1) is 0 Å². The Hall–Kier alpha value is 0.310. The lowest BCUT2D eigenvalue weighted by atomic mass is 10.1. The van der Waals surface area contributed by atoms with E-state index in [-0.39, 0.29) is 0 Å². The molecule has 0 aliphatic rings. The largest absolute Gasteiger partial charge is 0.375 e. The molecule has 0 aromatic heterocycles. The summed E-state index contributed by atoms with van der Waals surface area (Å²) in [6.07, 6.45) is 8.43. The molecular weight excluding hydrogens is 216 g/mol. The smallest absolute Gasteiger partial charge is 0.0576 e. The Kier molecular flexibility index (Phi) is 12.0. The molecule has 98 valence electrons. The molecular formula is C14H30OS. The van der Waals surface area contributed by atoms with Gasteiger partial charge in [0.05, 0.1) is 12.2 Å². The maximum atomic E-state index is 5.97. The van der Waals surface area contributed by atoms with E-state index in [1.807, 2.05) is 0 Å². The van der Waals surface area contributed by atoms with Gasteiger partial charge in [0, 0.05) is 0 Å². The third-order valence-corrected chi connectivity index (χ3v) is 4.14. The fraction of sp³-hybridized carbons (Fsp3) is 1.00. The van der Waals surface area contributed by atoms with E-state index in [1.54, 1.807) is 0 Å². The molecule has 0 fully saturated rings. The Morgan fingerprint density at radius 1 is 1.00 bits per heavy atom. The van der Waals surface area contributed by atoms with E-state index in [9.17, 15) is 0 Å². The topological polar surface area (TPSA) is 9.23 Å². The second kappa shape index (κ2) is 11.8. The zero-order valence-electron chi connectivity index (χ0n) is 11.6. The fourth-order valence-electron chi connectivity index (χ4n) is 1.62. The number of hydrogen-bond acceptors (Lipinski definition) is 2. The van der Waals surface area contributed by atoms with Gasteiger partial charge in [0.2, 0.25) is 0 Å². The van der Waals surface area contributed by atoms with Crippen LogP contribution in [0.5, 0.6) is 0 Å². The molecule has 0 spiro atoms. The third-order valence-electron chi connectivity index (χ3n) is 2.87. The Labute approximate surface area is 107 Å². The molecule has 1 nitrogen and oxygen atoms in total. The molecule has 0 radical (unpaired) electrons. The monoisotopic (exact) mass is 246 g/mol. The highest BCUT2D eigenvalue weighted by atomic mass is 32.2. The fourth-order valence-corrected chi connectivity index (χ4v) is 2.52. The molecule has 0 saturated heterocycles.